The Morgan fingerprint density at radius 3 is 2.30 bits per heavy atom. The van der Waals surface area contributed by atoms with E-state index in [1.54, 1.807) is 0 Å². The van der Waals surface area contributed by atoms with Gasteiger partial charge in [-0.2, -0.15) is 4.65 Å². The number of likely N-dealkylation sites (N-methyl/N-ethyl adjacent to an activating group) is 1. The van der Waals surface area contributed by atoms with Crippen molar-refractivity contribution in [3.63, 3.8) is 0 Å². The average Bonchev–Trinajstić information content (AvgIpc) is 1.64. The van der Waals surface area contributed by atoms with Crippen LogP contribution in [0.15, 0.2) is 12.7 Å². The lowest BCUT2D eigenvalue weighted by Crippen LogP contribution is -3.00. The van der Waals surface area contributed by atoms with Crippen LogP contribution in [0.2, 0.25) is 0 Å². The van der Waals surface area contributed by atoms with Crippen LogP contribution in [0.4, 0.5) is 0 Å². The molecule has 0 radical (unpaired) electrons. The molecule has 10 heavy (non-hydrogen) atoms. The highest BCUT2D eigenvalue weighted by atomic mass is 79.9. The fraction of sp³-hybridized carbons (Fsp3) is 0.714. The molecule has 0 saturated carbocycles. The largest absolute Gasteiger partial charge is 1.00 e. The van der Waals surface area contributed by atoms with Gasteiger partial charge in [0.2, 0.25) is 0 Å². The number of hydrogen-bond donors (Lipinski definition) is 0. The third kappa shape index (κ3) is 6.26. The minimum Gasteiger partial charge on any atom is -1.00 e. The van der Waals surface area contributed by atoms with Gasteiger partial charge in [0.25, 0.3) is 0 Å². The smallest absolute Gasteiger partial charge is 0.127 e. The van der Waals surface area contributed by atoms with Gasteiger partial charge in [-0.3, -0.25) is 0 Å². The van der Waals surface area contributed by atoms with Crippen molar-refractivity contribution in [2.75, 3.05) is 27.2 Å². The molecule has 0 amide bonds. The van der Waals surface area contributed by atoms with Gasteiger partial charge in [-0.15, -0.1) is 0 Å². The van der Waals surface area contributed by atoms with Gasteiger partial charge in [0.05, 0.1) is 14.1 Å². The first-order valence-electron chi connectivity index (χ1n) is 3.21. The molecule has 0 aliphatic carbocycles. The molecule has 0 saturated heterocycles. The third-order valence-corrected chi connectivity index (χ3v) is 1.05. The SMILES string of the molecule is C=CC[N+](C)(C)OCC.[Br-]. The maximum absolute atomic E-state index is 5.34. The zero-order chi connectivity index (χ0) is 7.33. The van der Waals surface area contributed by atoms with Crippen LogP contribution in [-0.4, -0.2) is 31.9 Å². The summed E-state index contributed by atoms with van der Waals surface area (Å²) in [5.41, 5.74) is 0. The number of rotatable bonds is 4. The Hall–Kier alpha value is 0.140. The molecule has 0 aromatic heterocycles. The fourth-order valence-corrected chi connectivity index (χ4v) is 0.713. The van der Waals surface area contributed by atoms with Gasteiger partial charge < -0.3 is 17.0 Å². The number of quaternary nitrogens is 1. The van der Waals surface area contributed by atoms with Gasteiger partial charge in [0.1, 0.15) is 13.2 Å². The number of halogens is 1. The Labute approximate surface area is 73.8 Å². The van der Waals surface area contributed by atoms with E-state index in [1.165, 1.54) is 0 Å². The van der Waals surface area contributed by atoms with Crippen LogP contribution in [0.3, 0.4) is 0 Å². The van der Waals surface area contributed by atoms with Crippen LogP contribution in [0.5, 0.6) is 0 Å². The van der Waals surface area contributed by atoms with E-state index in [-0.39, 0.29) is 17.0 Å². The topological polar surface area (TPSA) is 9.23 Å². The summed E-state index contributed by atoms with van der Waals surface area (Å²) in [5.74, 6) is 0. The first-order chi connectivity index (χ1) is 4.12. The Morgan fingerprint density at radius 2 is 2.00 bits per heavy atom. The zero-order valence-corrected chi connectivity index (χ0v) is 8.52. The molecule has 0 aromatic carbocycles. The number of nitrogens with zero attached hydrogens (tertiary/aromatic N) is 1. The molecule has 0 spiro atoms. The summed E-state index contributed by atoms with van der Waals surface area (Å²) < 4.78 is 0.569. The molecule has 0 aliphatic rings. The van der Waals surface area contributed by atoms with E-state index < -0.39 is 0 Å². The van der Waals surface area contributed by atoms with E-state index in [0.29, 0.717) is 4.65 Å². The van der Waals surface area contributed by atoms with Gasteiger partial charge in [0, 0.05) is 0 Å². The Balaban J connectivity index is 0. The van der Waals surface area contributed by atoms with Crippen LogP contribution in [0.1, 0.15) is 6.92 Å². The monoisotopic (exact) mass is 209 g/mol. The predicted molar refractivity (Wildman–Crippen MR) is 38.8 cm³/mol. The summed E-state index contributed by atoms with van der Waals surface area (Å²) in [6.45, 7) is 7.23. The molecule has 62 valence electrons. The van der Waals surface area contributed by atoms with E-state index in [2.05, 4.69) is 6.58 Å². The van der Waals surface area contributed by atoms with Crippen LogP contribution in [0.25, 0.3) is 0 Å². The van der Waals surface area contributed by atoms with Crippen molar-refractivity contribution >= 4 is 0 Å². The average molecular weight is 210 g/mol. The Bertz CT molecular complexity index is 93.6. The molecule has 0 atom stereocenters. The predicted octanol–water partition coefficient (Wildman–Crippen LogP) is -1.80. The van der Waals surface area contributed by atoms with Gasteiger partial charge in [-0.05, 0) is 13.0 Å². The molecule has 0 rings (SSSR count). The minimum atomic E-state index is 0. The van der Waals surface area contributed by atoms with E-state index >= 15 is 0 Å². The molecule has 0 fully saturated rings. The lowest BCUT2D eigenvalue weighted by Gasteiger charge is -2.24. The van der Waals surface area contributed by atoms with Crippen molar-refractivity contribution in [1.29, 1.82) is 0 Å². The molecule has 0 aromatic rings. The van der Waals surface area contributed by atoms with Crippen molar-refractivity contribution in [2.45, 2.75) is 6.92 Å². The standard InChI is InChI=1S/C7H16NO.BrH/c1-5-7-8(3,4)9-6-2;/h5H,1,6-7H2,2-4H3;1H/q+1;/p-1. The van der Waals surface area contributed by atoms with Crippen LogP contribution in [-0.2, 0) is 4.84 Å². The fourth-order valence-electron chi connectivity index (χ4n) is 0.713. The van der Waals surface area contributed by atoms with Crippen LogP contribution in [0, 0.1) is 0 Å². The second-order valence-electron chi connectivity index (χ2n) is 2.46. The molecule has 2 nitrogen and oxygen atoms in total. The van der Waals surface area contributed by atoms with Crippen molar-refractivity contribution in [3.8, 4) is 0 Å². The summed E-state index contributed by atoms with van der Waals surface area (Å²) in [6.07, 6.45) is 1.86. The highest BCUT2D eigenvalue weighted by Gasteiger charge is 2.11. The maximum Gasteiger partial charge on any atom is 0.127 e. The zero-order valence-electron chi connectivity index (χ0n) is 6.93. The summed E-state index contributed by atoms with van der Waals surface area (Å²) in [6, 6.07) is 0. The van der Waals surface area contributed by atoms with Crippen molar-refractivity contribution in [3.05, 3.63) is 12.7 Å². The molecular weight excluding hydrogens is 194 g/mol. The molecular formula is C7H16BrNO. The van der Waals surface area contributed by atoms with Crippen LogP contribution < -0.4 is 17.0 Å². The number of hydroxylamine groups is 3. The molecule has 3 heteroatoms. The highest BCUT2D eigenvalue weighted by Crippen LogP contribution is 1.96. The van der Waals surface area contributed by atoms with Crippen molar-refractivity contribution < 1.29 is 26.5 Å². The number of hydrogen-bond acceptors (Lipinski definition) is 1. The van der Waals surface area contributed by atoms with Crippen LogP contribution >= 0.6 is 0 Å². The summed E-state index contributed by atoms with van der Waals surface area (Å²) in [4.78, 5) is 5.34. The maximum atomic E-state index is 5.34. The van der Waals surface area contributed by atoms with Gasteiger partial charge >= 0.3 is 0 Å². The molecule has 0 unspecified atom stereocenters. The minimum absolute atomic E-state index is 0. The van der Waals surface area contributed by atoms with E-state index in [0.717, 1.165) is 13.2 Å². The highest BCUT2D eigenvalue weighted by molar-refractivity contribution is 4.62. The van der Waals surface area contributed by atoms with E-state index in [1.807, 2.05) is 27.1 Å². The first-order valence-corrected chi connectivity index (χ1v) is 3.21. The van der Waals surface area contributed by atoms with E-state index in [4.69, 9.17) is 4.84 Å². The second-order valence-corrected chi connectivity index (χ2v) is 2.46. The quantitative estimate of drug-likeness (QED) is 0.302. The van der Waals surface area contributed by atoms with E-state index in [9.17, 15) is 0 Å². The summed E-state index contributed by atoms with van der Waals surface area (Å²) in [5, 5.41) is 0. The molecule has 0 aliphatic heterocycles. The molecule has 0 heterocycles. The van der Waals surface area contributed by atoms with Crippen molar-refractivity contribution in [1.82, 2.24) is 0 Å². The van der Waals surface area contributed by atoms with Gasteiger partial charge in [-0.25, -0.2) is 4.84 Å². The molecule has 0 N–H and O–H groups in total. The normalized spacial score (nSPS) is 10.3. The lowest BCUT2D eigenvalue weighted by molar-refractivity contribution is -1.07. The van der Waals surface area contributed by atoms with Gasteiger partial charge in [0.15, 0.2) is 0 Å². The second kappa shape index (κ2) is 5.89. The van der Waals surface area contributed by atoms with Gasteiger partial charge in [-0.1, -0.05) is 6.58 Å². The summed E-state index contributed by atoms with van der Waals surface area (Å²) >= 11 is 0. The molecule has 0 bridgehead atoms. The Kier molecular flexibility index (Phi) is 7.53. The lowest BCUT2D eigenvalue weighted by atomic mass is 10.6. The van der Waals surface area contributed by atoms with Crippen molar-refractivity contribution in [2.24, 2.45) is 0 Å². The summed E-state index contributed by atoms with van der Waals surface area (Å²) in [7, 11) is 4.01. The Morgan fingerprint density at radius 1 is 1.50 bits per heavy atom. The first kappa shape index (κ1) is 12.8. The third-order valence-electron chi connectivity index (χ3n) is 1.05.